The first-order valence-corrected chi connectivity index (χ1v) is 7.43. The number of carboxylic acids is 1. The van der Waals surface area contributed by atoms with Crippen molar-refractivity contribution in [1.29, 1.82) is 0 Å². The van der Waals surface area contributed by atoms with E-state index < -0.39 is 23.1 Å². The molecule has 1 aliphatic heterocycles. The maximum Gasteiger partial charge on any atom is 0.410 e. The first-order valence-electron chi connectivity index (χ1n) is 7.43. The Labute approximate surface area is 120 Å². The molecule has 0 aromatic carbocycles. The molecule has 0 spiro atoms. The zero-order chi connectivity index (χ0) is 15.0. The number of rotatable bonds is 4. The first kappa shape index (κ1) is 15.1. The molecule has 5 nitrogen and oxygen atoms in total. The predicted octanol–water partition coefficient (Wildman–Crippen LogP) is 2.89. The fourth-order valence-corrected chi connectivity index (χ4v) is 2.73. The summed E-state index contributed by atoms with van der Waals surface area (Å²) in [6.45, 7) is 6.21. The number of ether oxygens (including phenoxy) is 1. The van der Waals surface area contributed by atoms with E-state index in [1.54, 1.807) is 4.90 Å². The van der Waals surface area contributed by atoms with Gasteiger partial charge in [-0.15, -0.1) is 0 Å². The maximum atomic E-state index is 12.0. The number of amides is 1. The molecule has 1 unspecified atom stereocenters. The average Bonchev–Trinajstić information content (AvgIpc) is 3.02. The van der Waals surface area contributed by atoms with Crippen molar-refractivity contribution >= 4 is 12.1 Å². The van der Waals surface area contributed by atoms with Crippen molar-refractivity contribution in [3.05, 3.63) is 0 Å². The zero-order valence-corrected chi connectivity index (χ0v) is 12.6. The summed E-state index contributed by atoms with van der Waals surface area (Å²) in [4.78, 5) is 25.2. The van der Waals surface area contributed by atoms with Crippen molar-refractivity contribution in [2.45, 2.75) is 58.5 Å². The Morgan fingerprint density at radius 3 is 2.50 bits per heavy atom. The fourth-order valence-electron chi connectivity index (χ4n) is 2.73. The van der Waals surface area contributed by atoms with Crippen LogP contribution in [0.1, 0.15) is 52.9 Å². The number of carboxylic acid groups (broad SMARTS) is 1. The average molecular weight is 283 g/mol. The minimum Gasteiger partial charge on any atom is -0.481 e. The molecule has 1 saturated heterocycles. The van der Waals surface area contributed by atoms with Gasteiger partial charge in [-0.3, -0.25) is 4.79 Å². The molecule has 0 radical (unpaired) electrons. The summed E-state index contributed by atoms with van der Waals surface area (Å²) < 4.78 is 5.33. The highest BCUT2D eigenvalue weighted by atomic mass is 16.6. The Balaban J connectivity index is 1.95. The molecule has 5 heteroatoms. The summed E-state index contributed by atoms with van der Waals surface area (Å²) >= 11 is 0. The van der Waals surface area contributed by atoms with E-state index >= 15 is 0 Å². The summed E-state index contributed by atoms with van der Waals surface area (Å²) in [7, 11) is 0. The van der Waals surface area contributed by atoms with Gasteiger partial charge in [0.2, 0.25) is 0 Å². The largest absolute Gasteiger partial charge is 0.481 e. The predicted molar refractivity (Wildman–Crippen MR) is 74.5 cm³/mol. The Morgan fingerprint density at radius 1 is 1.35 bits per heavy atom. The van der Waals surface area contributed by atoms with Gasteiger partial charge in [-0.25, -0.2) is 4.79 Å². The van der Waals surface area contributed by atoms with Crippen LogP contribution >= 0.6 is 0 Å². The van der Waals surface area contributed by atoms with Gasteiger partial charge in [0, 0.05) is 13.1 Å². The van der Waals surface area contributed by atoms with Gasteiger partial charge in [-0.2, -0.15) is 0 Å². The monoisotopic (exact) mass is 283 g/mol. The fraction of sp³-hybridized carbons (Fsp3) is 0.867. The van der Waals surface area contributed by atoms with E-state index in [0.29, 0.717) is 25.3 Å². The van der Waals surface area contributed by atoms with E-state index in [1.165, 1.54) is 12.8 Å². The lowest BCUT2D eigenvalue weighted by molar-refractivity contribution is -0.148. The Morgan fingerprint density at radius 2 is 2.00 bits per heavy atom. The molecule has 2 aliphatic rings. The molecule has 1 amide bonds. The van der Waals surface area contributed by atoms with E-state index in [4.69, 9.17) is 4.74 Å². The van der Waals surface area contributed by atoms with Gasteiger partial charge in [0.05, 0.1) is 5.41 Å². The van der Waals surface area contributed by atoms with Crippen molar-refractivity contribution in [2.24, 2.45) is 11.3 Å². The van der Waals surface area contributed by atoms with Crippen molar-refractivity contribution in [3.8, 4) is 0 Å². The van der Waals surface area contributed by atoms with Crippen LogP contribution in [-0.2, 0) is 9.53 Å². The zero-order valence-electron chi connectivity index (χ0n) is 12.6. The number of likely N-dealkylation sites (tertiary alicyclic amines) is 1. The summed E-state index contributed by atoms with van der Waals surface area (Å²) in [5, 5.41) is 9.55. The van der Waals surface area contributed by atoms with Crippen LogP contribution in [0.25, 0.3) is 0 Å². The Bertz CT molecular complexity index is 397. The molecule has 2 rings (SSSR count). The highest BCUT2D eigenvalue weighted by Gasteiger charge is 2.47. The second-order valence-electron chi connectivity index (χ2n) is 7.22. The second kappa shape index (κ2) is 5.26. The molecule has 1 atom stereocenters. The standard InChI is InChI=1S/C15H25NO4/c1-14(2,3)20-13(19)16-9-8-15(10-16,12(17)18)7-6-11-4-5-11/h11H,4-10H2,1-3H3,(H,17,18). The van der Waals surface area contributed by atoms with Crippen LogP contribution < -0.4 is 0 Å². The number of hydrogen-bond donors (Lipinski definition) is 1. The summed E-state index contributed by atoms with van der Waals surface area (Å²) in [5.74, 6) is -0.0639. The van der Waals surface area contributed by atoms with Gasteiger partial charge >= 0.3 is 12.1 Å². The smallest absolute Gasteiger partial charge is 0.410 e. The summed E-state index contributed by atoms with van der Waals surface area (Å²) in [5.41, 5.74) is -1.31. The van der Waals surface area contributed by atoms with Crippen LogP contribution in [0.15, 0.2) is 0 Å². The van der Waals surface area contributed by atoms with E-state index in [1.807, 2.05) is 20.8 Å². The topological polar surface area (TPSA) is 66.8 Å². The van der Waals surface area contributed by atoms with Crippen LogP contribution in [-0.4, -0.2) is 40.8 Å². The third-order valence-corrected chi connectivity index (χ3v) is 4.19. The van der Waals surface area contributed by atoms with Crippen molar-refractivity contribution in [3.63, 3.8) is 0 Å². The van der Waals surface area contributed by atoms with Gasteiger partial charge in [0.25, 0.3) is 0 Å². The molecule has 0 aromatic heterocycles. The normalized spacial score (nSPS) is 26.6. The van der Waals surface area contributed by atoms with E-state index in [9.17, 15) is 14.7 Å². The lowest BCUT2D eigenvalue weighted by Crippen LogP contribution is -2.39. The molecular weight excluding hydrogens is 258 g/mol. The van der Waals surface area contributed by atoms with Gasteiger partial charge in [0.15, 0.2) is 0 Å². The maximum absolute atomic E-state index is 12.0. The SMILES string of the molecule is CC(C)(C)OC(=O)N1CCC(CCC2CC2)(C(=O)O)C1. The van der Waals surface area contributed by atoms with E-state index in [2.05, 4.69) is 0 Å². The minimum absolute atomic E-state index is 0.282. The number of carbonyl (C=O) groups is 2. The highest BCUT2D eigenvalue weighted by molar-refractivity contribution is 5.78. The van der Waals surface area contributed by atoms with Gasteiger partial charge in [-0.05, 0) is 46.0 Å². The molecule has 114 valence electrons. The summed E-state index contributed by atoms with van der Waals surface area (Å²) in [6.07, 6.45) is 4.23. The quantitative estimate of drug-likeness (QED) is 0.861. The highest BCUT2D eigenvalue weighted by Crippen LogP contribution is 2.42. The third kappa shape index (κ3) is 3.64. The molecular formula is C15H25NO4. The molecule has 0 aromatic rings. The summed E-state index contributed by atoms with van der Waals surface area (Å²) in [6, 6.07) is 0. The lowest BCUT2D eigenvalue weighted by Gasteiger charge is -2.27. The van der Waals surface area contributed by atoms with Crippen molar-refractivity contribution < 1.29 is 19.4 Å². The Kier molecular flexibility index (Phi) is 3.98. The molecule has 1 saturated carbocycles. The van der Waals surface area contributed by atoms with Crippen molar-refractivity contribution in [2.75, 3.05) is 13.1 Å². The second-order valence-corrected chi connectivity index (χ2v) is 7.22. The number of carbonyl (C=O) groups excluding carboxylic acids is 1. The van der Waals surface area contributed by atoms with Crippen molar-refractivity contribution in [1.82, 2.24) is 4.90 Å². The van der Waals surface area contributed by atoms with Crippen LogP contribution in [0.5, 0.6) is 0 Å². The molecule has 1 N–H and O–H groups in total. The third-order valence-electron chi connectivity index (χ3n) is 4.19. The number of aliphatic carboxylic acids is 1. The lowest BCUT2D eigenvalue weighted by atomic mass is 9.82. The van der Waals surface area contributed by atoms with Crippen LogP contribution in [0, 0.1) is 11.3 Å². The van der Waals surface area contributed by atoms with Crippen LogP contribution in [0.3, 0.4) is 0 Å². The molecule has 1 aliphatic carbocycles. The van der Waals surface area contributed by atoms with Gasteiger partial charge < -0.3 is 14.7 Å². The Hall–Kier alpha value is -1.26. The number of nitrogens with zero attached hydrogens (tertiary/aromatic N) is 1. The van der Waals surface area contributed by atoms with Crippen LogP contribution in [0.2, 0.25) is 0 Å². The van der Waals surface area contributed by atoms with Gasteiger partial charge in [0.1, 0.15) is 5.60 Å². The van der Waals surface area contributed by atoms with E-state index in [0.717, 1.165) is 6.42 Å². The van der Waals surface area contributed by atoms with Gasteiger partial charge in [-0.1, -0.05) is 12.8 Å². The molecule has 2 fully saturated rings. The minimum atomic E-state index is -0.774. The van der Waals surface area contributed by atoms with E-state index in [-0.39, 0.29) is 6.54 Å². The molecule has 0 bridgehead atoms. The first-order chi connectivity index (χ1) is 9.22. The van der Waals surface area contributed by atoms with Crippen LogP contribution in [0.4, 0.5) is 4.79 Å². The molecule has 1 heterocycles. The number of hydrogen-bond acceptors (Lipinski definition) is 3. The molecule has 20 heavy (non-hydrogen) atoms.